The van der Waals surface area contributed by atoms with Gasteiger partial charge >= 0.3 is 164 Å². The molecule has 28 heavy (non-hydrogen) atoms. The molecule has 0 aromatic heterocycles. The summed E-state index contributed by atoms with van der Waals surface area (Å²) in [5.41, 5.74) is 14.9. The predicted molar refractivity (Wildman–Crippen MR) is 111 cm³/mol. The Bertz CT molecular complexity index is 945. The third-order valence-electron chi connectivity index (χ3n) is 6.64. The molecule has 4 rings (SSSR count). The maximum atomic E-state index is 4.91. The second-order valence-corrected chi connectivity index (χ2v) is 11.8. The average molecular weight is 447 g/mol. The molecule has 2 aromatic carbocycles. The van der Waals surface area contributed by atoms with Crippen molar-refractivity contribution >= 4 is 16.0 Å². The van der Waals surface area contributed by atoms with Crippen LogP contribution in [0.5, 0.6) is 0 Å². The number of allylic oxidation sites excluding steroid dienone is 4. The van der Waals surface area contributed by atoms with E-state index in [1.54, 1.807) is 22.3 Å². The van der Waals surface area contributed by atoms with Gasteiger partial charge in [0.25, 0.3) is 0 Å². The maximum absolute atomic E-state index is 4.91. The Balaban J connectivity index is 0.00000140. The summed E-state index contributed by atoms with van der Waals surface area (Å²) in [6.07, 6.45) is 0. The minimum atomic E-state index is -1.71. The molecule has 2 unspecified atom stereocenters. The molecule has 0 N–H and O–H groups in total. The zero-order chi connectivity index (χ0) is 18.7. The van der Waals surface area contributed by atoms with E-state index >= 15 is 0 Å². The van der Waals surface area contributed by atoms with Crippen LogP contribution in [0.4, 0.5) is 0 Å². The van der Waals surface area contributed by atoms with E-state index in [1.165, 1.54) is 33.4 Å². The summed E-state index contributed by atoms with van der Waals surface area (Å²) >= 11 is -1.71. The largest absolute Gasteiger partial charge is 1.00 e. The molecule has 146 valence electrons. The van der Waals surface area contributed by atoms with Crippen LogP contribution in [0.3, 0.4) is 0 Å². The molecular formula is C25H28Cl2Ti. The van der Waals surface area contributed by atoms with E-state index in [0.717, 1.165) is 0 Å². The molecule has 0 radical (unpaired) electrons. The first-order chi connectivity index (χ1) is 12.3. The van der Waals surface area contributed by atoms with Gasteiger partial charge in [0, 0.05) is 0 Å². The summed E-state index contributed by atoms with van der Waals surface area (Å²) in [7, 11) is 0. The molecule has 0 amide bonds. The Morgan fingerprint density at radius 1 is 0.643 bits per heavy atom. The van der Waals surface area contributed by atoms with Crippen molar-refractivity contribution in [2.45, 2.75) is 50.0 Å². The molecule has 0 spiro atoms. The molecule has 0 nitrogen and oxygen atoms in total. The molecule has 2 aromatic rings. The smallest absolute Gasteiger partial charge is 1.00 e. The topological polar surface area (TPSA) is 0 Å². The van der Waals surface area contributed by atoms with Gasteiger partial charge in [-0.15, -0.1) is 0 Å². The van der Waals surface area contributed by atoms with Crippen molar-refractivity contribution in [3.63, 3.8) is 0 Å². The molecule has 2 aliphatic rings. The number of benzene rings is 2. The van der Waals surface area contributed by atoms with Gasteiger partial charge < -0.3 is 24.8 Å². The maximum Gasteiger partial charge on any atom is -1.00 e. The van der Waals surface area contributed by atoms with Crippen molar-refractivity contribution in [1.82, 2.24) is 0 Å². The summed E-state index contributed by atoms with van der Waals surface area (Å²) in [5, 5.41) is 0. The molecule has 0 aliphatic heterocycles. The van der Waals surface area contributed by atoms with E-state index in [1.807, 2.05) is 0 Å². The minimum Gasteiger partial charge on any atom is -1.00 e. The van der Waals surface area contributed by atoms with Crippen molar-refractivity contribution in [2.24, 2.45) is 0 Å². The third-order valence-corrected chi connectivity index (χ3v) is 11.3. The zero-order valence-electron chi connectivity index (χ0n) is 17.6. The van der Waals surface area contributed by atoms with Crippen LogP contribution >= 0.6 is 0 Å². The normalized spacial score (nSPS) is 19.5. The molecule has 0 saturated carbocycles. The summed E-state index contributed by atoms with van der Waals surface area (Å²) in [5.74, 6) is 0. The molecule has 2 atom stereocenters. The second-order valence-electron chi connectivity index (χ2n) is 8.24. The summed E-state index contributed by atoms with van der Waals surface area (Å²) in [6.45, 7) is 13.7. The minimum absolute atomic E-state index is 0. The first-order valence-electron chi connectivity index (χ1n) is 9.56. The van der Waals surface area contributed by atoms with Crippen LogP contribution in [0, 0.1) is 13.8 Å². The average Bonchev–Trinajstić information content (AvgIpc) is 3.00. The van der Waals surface area contributed by atoms with Gasteiger partial charge in [-0.05, 0) is 0 Å². The van der Waals surface area contributed by atoms with E-state index in [-0.39, 0.29) is 24.8 Å². The molecule has 2 aliphatic carbocycles. The van der Waals surface area contributed by atoms with Crippen molar-refractivity contribution in [2.75, 3.05) is 0 Å². The van der Waals surface area contributed by atoms with Gasteiger partial charge in [0.2, 0.25) is 0 Å². The Morgan fingerprint density at radius 2 is 1.00 bits per heavy atom. The van der Waals surface area contributed by atoms with E-state index in [4.69, 9.17) is 4.82 Å². The third kappa shape index (κ3) is 3.43. The first-order valence-corrected chi connectivity index (χ1v) is 12.5. The van der Waals surface area contributed by atoms with E-state index in [2.05, 4.69) is 77.9 Å². The Kier molecular flexibility index (Phi) is 7.05. The molecule has 0 saturated heterocycles. The number of aryl methyl sites for hydroxylation is 2. The van der Waals surface area contributed by atoms with Gasteiger partial charge in [0.15, 0.2) is 0 Å². The van der Waals surface area contributed by atoms with E-state index in [0.29, 0.717) is 8.45 Å². The second kappa shape index (κ2) is 8.45. The van der Waals surface area contributed by atoms with E-state index in [9.17, 15) is 0 Å². The molecular weight excluding hydrogens is 419 g/mol. The van der Waals surface area contributed by atoms with Crippen LogP contribution in [0.1, 0.15) is 69.5 Å². The van der Waals surface area contributed by atoms with Gasteiger partial charge in [0.05, 0.1) is 0 Å². The van der Waals surface area contributed by atoms with Crippen molar-refractivity contribution in [1.29, 1.82) is 0 Å². The number of hydrogen-bond acceptors (Lipinski definition) is 0. The number of fused-ring (bicyclic) bond motifs is 2. The molecule has 0 fully saturated rings. The van der Waals surface area contributed by atoms with Crippen LogP contribution in [0.2, 0.25) is 0 Å². The number of rotatable bonds is 2. The van der Waals surface area contributed by atoms with Crippen LogP contribution in [0.15, 0.2) is 47.5 Å². The fourth-order valence-electron chi connectivity index (χ4n) is 4.94. The van der Waals surface area contributed by atoms with Crippen LogP contribution in [-0.2, 0) is 17.4 Å². The molecule has 0 bridgehead atoms. The van der Waals surface area contributed by atoms with Crippen LogP contribution < -0.4 is 24.8 Å². The van der Waals surface area contributed by atoms with Gasteiger partial charge in [-0.25, -0.2) is 0 Å². The van der Waals surface area contributed by atoms with Crippen molar-refractivity contribution < 1.29 is 42.2 Å². The van der Waals surface area contributed by atoms with Crippen molar-refractivity contribution in [3.05, 3.63) is 80.9 Å². The van der Waals surface area contributed by atoms with Crippen LogP contribution in [0.25, 0.3) is 11.1 Å². The van der Waals surface area contributed by atoms with Crippen LogP contribution in [-0.4, -0.2) is 4.82 Å². The quantitative estimate of drug-likeness (QED) is 0.597. The van der Waals surface area contributed by atoms with Gasteiger partial charge in [-0.2, -0.15) is 0 Å². The Hall–Kier alpha value is -0.916. The van der Waals surface area contributed by atoms with Gasteiger partial charge in [-0.1, -0.05) is 0 Å². The zero-order valence-corrected chi connectivity index (χ0v) is 20.7. The summed E-state index contributed by atoms with van der Waals surface area (Å²) < 4.78 is 1.15. The number of halogens is 2. The van der Waals surface area contributed by atoms with E-state index < -0.39 is 17.4 Å². The fraction of sp³-hybridized carbons (Fsp3) is 0.320. The van der Waals surface area contributed by atoms with Gasteiger partial charge in [0.1, 0.15) is 0 Å². The summed E-state index contributed by atoms with van der Waals surface area (Å²) in [4.78, 5) is 4.91. The molecule has 3 heteroatoms. The SMILES string of the molecule is [CH2]=[Ti+2]([CH]1C(C)=C(C)c2cc(C)ccc21)[CH]1C(C)=C(C)c2cc(C)ccc21.[Cl-].[Cl-]. The van der Waals surface area contributed by atoms with Gasteiger partial charge in [-0.3, -0.25) is 0 Å². The molecule has 0 heterocycles. The standard InChI is InChI=1S/2C12H13.CH2.2ClH.Ti/c2*1-8-4-5-11-7-9(2)10(3)12(11)6-8;;;;/h2*4-7H,1-3H3;1H2;2*1H;/q;;;;;+2/p-2. The fourth-order valence-corrected chi connectivity index (χ4v) is 9.91. The Morgan fingerprint density at radius 3 is 1.36 bits per heavy atom. The number of hydrogen-bond donors (Lipinski definition) is 0. The summed E-state index contributed by atoms with van der Waals surface area (Å²) in [6, 6.07) is 14.1. The monoisotopic (exact) mass is 446 g/mol. The van der Waals surface area contributed by atoms with Crippen molar-refractivity contribution in [3.8, 4) is 0 Å². The Labute approximate surface area is 188 Å². The first kappa shape index (κ1) is 23.4. The predicted octanol–water partition coefficient (Wildman–Crippen LogP) is 0.758.